The highest BCUT2D eigenvalue weighted by Gasteiger charge is 2.16. The molecular weight excluding hydrogens is 311 g/mol. The maximum Gasteiger partial charge on any atom is 0.345 e. The molecule has 130 valence electrons. The van der Waals surface area contributed by atoms with E-state index in [1.165, 1.54) is 21.4 Å². The van der Waals surface area contributed by atoms with Gasteiger partial charge in [0.15, 0.2) is 5.82 Å². The minimum atomic E-state index is -0.343. The second-order valence-corrected chi connectivity index (χ2v) is 6.98. The molecule has 0 aliphatic heterocycles. The minimum absolute atomic E-state index is 0.0507. The van der Waals surface area contributed by atoms with E-state index in [0.717, 1.165) is 0 Å². The maximum atomic E-state index is 13.0. The van der Waals surface area contributed by atoms with Crippen molar-refractivity contribution in [1.82, 2.24) is 19.7 Å². The van der Waals surface area contributed by atoms with Crippen molar-refractivity contribution in [3.8, 4) is 11.4 Å². The quantitative estimate of drug-likeness (QED) is 0.908. The summed E-state index contributed by atoms with van der Waals surface area (Å²) in [5.74, 6) is 0.0657. The molecule has 0 saturated carbocycles. The first-order chi connectivity index (χ1) is 11.2. The molecule has 1 aromatic carbocycles. The van der Waals surface area contributed by atoms with Crippen molar-refractivity contribution in [3.63, 3.8) is 0 Å². The van der Waals surface area contributed by atoms with Crippen LogP contribution in [-0.4, -0.2) is 26.8 Å². The number of rotatable bonds is 5. The van der Waals surface area contributed by atoms with Crippen LogP contribution in [0.3, 0.4) is 0 Å². The molecule has 2 rings (SSSR count). The van der Waals surface area contributed by atoms with Gasteiger partial charge in [-0.1, -0.05) is 20.8 Å². The van der Waals surface area contributed by atoms with E-state index in [0.29, 0.717) is 24.4 Å². The molecule has 2 aromatic rings. The van der Waals surface area contributed by atoms with E-state index < -0.39 is 0 Å². The lowest BCUT2D eigenvalue weighted by molar-refractivity contribution is -0.122. The number of hydrogen-bond donors (Lipinski definition) is 1. The number of carbonyl (C=O) groups is 1. The van der Waals surface area contributed by atoms with Gasteiger partial charge in [-0.15, -0.1) is 5.10 Å². The number of aromatic nitrogens is 3. The Morgan fingerprint density at radius 1 is 1.25 bits per heavy atom. The van der Waals surface area contributed by atoms with Crippen molar-refractivity contribution >= 4 is 5.91 Å². The predicted octanol–water partition coefficient (Wildman–Crippen LogP) is 1.94. The lowest BCUT2D eigenvalue weighted by Gasteiger charge is -2.17. The Morgan fingerprint density at radius 3 is 2.46 bits per heavy atom. The molecule has 0 aliphatic carbocycles. The SMILES string of the molecule is Cn1c(-c2ccc(F)cc2)nn(CCNC(=O)CC(C)(C)C)c1=O. The third-order valence-electron chi connectivity index (χ3n) is 3.48. The summed E-state index contributed by atoms with van der Waals surface area (Å²) in [4.78, 5) is 24.0. The summed E-state index contributed by atoms with van der Waals surface area (Å²) in [5.41, 5.74) is 0.299. The lowest BCUT2D eigenvalue weighted by Crippen LogP contribution is -2.33. The topological polar surface area (TPSA) is 68.9 Å². The highest BCUT2D eigenvalue weighted by atomic mass is 19.1. The first kappa shape index (κ1) is 17.9. The fourth-order valence-corrected chi connectivity index (χ4v) is 2.33. The smallest absolute Gasteiger partial charge is 0.345 e. The van der Waals surface area contributed by atoms with Crippen LogP contribution in [0.1, 0.15) is 27.2 Å². The van der Waals surface area contributed by atoms with Crippen LogP contribution in [0, 0.1) is 11.2 Å². The fourth-order valence-electron chi connectivity index (χ4n) is 2.33. The minimum Gasteiger partial charge on any atom is -0.354 e. The van der Waals surface area contributed by atoms with Crippen molar-refractivity contribution in [2.75, 3.05) is 6.54 Å². The molecule has 1 N–H and O–H groups in total. The molecular formula is C17H23FN4O2. The van der Waals surface area contributed by atoms with Gasteiger partial charge in [0, 0.05) is 25.6 Å². The Morgan fingerprint density at radius 2 is 1.88 bits per heavy atom. The molecule has 0 bridgehead atoms. The Balaban J connectivity index is 2.05. The van der Waals surface area contributed by atoms with Crippen molar-refractivity contribution in [2.24, 2.45) is 12.5 Å². The van der Waals surface area contributed by atoms with Gasteiger partial charge in [0.2, 0.25) is 5.91 Å². The molecule has 0 spiro atoms. The summed E-state index contributed by atoms with van der Waals surface area (Å²) >= 11 is 0. The number of amides is 1. The van der Waals surface area contributed by atoms with Crippen LogP contribution in [0.25, 0.3) is 11.4 Å². The molecule has 0 unspecified atom stereocenters. The normalized spacial score (nSPS) is 11.5. The summed E-state index contributed by atoms with van der Waals surface area (Å²) < 4.78 is 15.7. The van der Waals surface area contributed by atoms with Crippen molar-refractivity contribution in [3.05, 3.63) is 40.6 Å². The van der Waals surface area contributed by atoms with E-state index in [1.54, 1.807) is 19.2 Å². The third-order valence-corrected chi connectivity index (χ3v) is 3.48. The first-order valence-electron chi connectivity index (χ1n) is 7.84. The molecule has 0 aliphatic rings. The third kappa shape index (κ3) is 4.53. The first-order valence-corrected chi connectivity index (χ1v) is 7.84. The van der Waals surface area contributed by atoms with E-state index >= 15 is 0 Å². The van der Waals surface area contributed by atoms with Gasteiger partial charge in [-0.3, -0.25) is 9.36 Å². The zero-order chi connectivity index (χ0) is 17.9. The van der Waals surface area contributed by atoms with Gasteiger partial charge in [0.1, 0.15) is 5.82 Å². The molecule has 1 amide bonds. The standard InChI is InChI=1S/C17H23FN4O2/c1-17(2,3)11-14(23)19-9-10-22-16(24)21(4)15(20-22)12-5-7-13(18)8-6-12/h5-8H,9-11H2,1-4H3,(H,19,23). The zero-order valence-corrected chi connectivity index (χ0v) is 14.5. The molecule has 7 heteroatoms. The van der Waals surface area contributed by atoms with Crippen LogP contribution in [0.15, 0.2) is 29.1 Å². The van der Waals surface area contributed by atoms with Crippen molar-refractivity contribution in [2.45, 2.75) is 33.7 Å². The molecule has 1 heterocycles. The van der Waals surface area contributed by atoms with Crippen LogP contribution in [0.5, 0.6) is 0 Å². The van der Waals surface area contributed by atoms with Crippen LogP contribution >= 0.6 is 0 Å². The highest BCUT2D eigenvalue weighted by molar-refractivity contribution is 5.76. The largest absolute Gasteiger partial charge is 0.354 e. The fraction of sp³-hybridized carbons (Fsp3) is 0.471. The Labute approximate surface area is 140 Å². The number of benzene rings is 1. The van der Waals surface area contributed by atoms with Crippen LogP contribution in [0.4, 0.5) is 4.39 Å². The predicted molar refractivity (Wildman–Crippen MR) is 89.9 cm³/mol. The van der Waals surface area contributed by atoms with E-state index in [2.05, 4.69) is 10.4 Å². The second-order valence-electron chi connectivity index (χ2n) is 6.98. The Hall–Kier alpha value is -2.44. The lowest BCUT2D eigenvalue weighted by atomic mass is 9.92. The van der Waals surface area contributed by atoms with Gasteiger partial charge in [0.25, 0.3) is 0 Å². The molecule has 0 atom stereocenters. The summed E-state index contributed by atoms with van der Waals surface area (Å²) in [6, 6.07) is 5.80. The number of hydrogen-bond acceptors (Lipinski definition) is 3. The number of nitrogens with one attached hydrogen (secondary N) is 1. The molecule has 0 fully saturated rings. The molecule has 0 radical (unpaired) electrons. The average Bonchev–Trinajstić information content (AvgIpc) is 2.75. The van der Waals surface area contributed by atoms with E-state index in [9.17, 15) is 14.0 Å². The summed E-state index contributed by atoms with van der Waals surface area (Å²) in [7, 11) is 1.61. The van der Waals surface area contributed by atoms with Crippen LogP contribution in [0.2, 0.25) is 0 Å². The molecule has 0 saturated heterocycles. The van der Waals surface area contributed by atoms with Crippen LogP contribution in [-0.2, 0) is 18.4 Å². The Bertz CT molecular complexity index is 769. The number of nitrogens with zero attached hydrogens (tertiary/aromatic N) is 3. The second kappa shape index (κ2) is 6.98. The average molecular weight is 334 g/mol. The molecule has 6 nitrogen and oxygen atoms in total. The monoisotopic (exact) mass is 334 g/mol. The number of carbonyl (C=O) groups excluding carboxylic acids is 1. The zero-order valence-electron chi connectivity index (χ0n) is 14.5. The van der Waals surface area contributed by atoms with Gasteiger partial charge in [-0.2, -0.15) is 0 Å². The van der Waals surface area contributed by atoms with Crippen LogP contribution < -0.4 is 11.0 Å². The number of halogens is 1. The highest BCUT2D eigenvalue weighted by Crippen LogP contribution is 2.17. The van der Waals surface area contributed by atoms with Gasteiger partial charge in [-0.05, 0) is 29.7 Å². The van der Waals surface area contributed by atoms with E-state index in [4.69, 9.17) is 0 Å². The molecule has 24 heavy (non-hydrogen) atoms. The Kier molecular flexibility index (Phi) is 5.21. The van der Waals surface area contributed by atoms with Crippen molar-refractivity contribution < 1.29 is 9.18 Å². The maximum absolute atomic E-state index is 13.0. The van der Waals surface area contributed by atoms with Crippen molar-refractivity contribution in [1.29, 1.82) is 0 Å². The van der Waals surface area contributed by atoms with Gasteiger partial charge in [0.05, 0.1) is 6.54 Å². The van der Waals surface area contributed by atoms with Gasteiger partial charge in [-0.25, -0.2) is 13.9 Å². The van der Waals surface area contributed by atoms with E-state index in [1.807, 2.05) is 20.8 Å². The van der Waals surface area contributed by atoms with E-state index in [-0.39, 0.29) is 29.4 Å². The summed E-state index contributed by atoms with van der Waals surface area (Å²) in [6.45, 7) is 6.58. The summed E-state index contributed by atoms with van der Waals surface area (Å²) in [6.07, 6.45) is 0.422. The van der Waals surface area contributed by atoms with Gasteiger partial charge >= 0.3 is 5.69 Å². The molecule has 1 aromatic heterocycles. The van der Waals surface area contributed by atoms with Gasteiger partial charge < -0.3 is 5.32 Å². The summed E-state index contributed by atoms with van der Waals surface area (Å²) in [5, 5.41) is 7.07.